The van der Waals surface area contributed by atoms with E-state index in [-0.39, 0.29) is 0 Å². The van der Waals surface area contributed by atoms with E-state index in [1.165, 1.54) is 0 Å². The zero-order chi connectivity index (χ0) is 10.5. The van der Waals surface area contributed by atoms with E-state index in [0.29, 0.717) is 6.54 Å². The molecular weight excluding hydrogens is 210 g/mol. The average molecular weight is 219 g/mol. The third-order valence-corrected chi connectivity index (χ3v) is 2.82. The van der Waals surface area contributed by atoms with Crippen molar-refractivity contribution < 1.29 is 4.52 Å². The van der Waals surface area contributed by atoms with Crippen molar-refractivity contribution in [3.63, 3.8) is 0 Å². The van der Waals surface area contributed by atoms with E-state index in [4.69, 9.17) is 9.78 Å². The van der Waals surface area contributed by atoms with Crippen LogP contribution < -0.4 is 5.32 Å². The van der Waals surface area contributed by atoms with Crippen LogP contribution in [0, 0.1) is 11.3 Å². The van der Waals surface area contributed by atoms with Crippen LogP contribution in [0.15, 0.2) is 28.3 Å². The zero-order valence-corrected chi connectivity index (χ0v) is 8.75. The van der Waals surface area contributed by atoms with Gasteiger partial charge >= 0.3 is 0 Å². The highest BCUT2D eigenvalue weighted by Crippen LogP contribution is 2.13. The highest BCUT2D eigenvalue weighted by atomic mass is 32.1. The van der Waals surface area contributed by atoms with E-state index in [0.717, 1.165) is 22.7 Å². The Bertz CT molecular complexity index is 455. The van der Waals surface area contributed by atoms with Crippen LogP contribution in [0.4, 0.5) is 0 Å². The largest absolute Gasteiger partial charge is 0.364 e. The second-order valence-corrected chi connectivity index (χ2v) is 4.00. The second-order valence-electron chi connectivity index (χ2n) is 3.01. The molecule has 0 spiro atoms. The number of hydrogen-bond acceptors (Lipinski definition) is 5. The van der Waals surface area contributed by atoms with Crippen LogP contribution in [0.1, 0.15) is 16.1 Å². The van der Waals surface area contributed by atoms with Gasteiger partial charge in [-0.15, -0.1) is 11.3 Å². The molecule has 76 valence electrons. The summed E-state index contributed by atoms with van der Waals surface area (Å²) < 4.78 is 4.71. The molecule has 0 unspecified atom stereocenters. The molecule has 2 rings (SSSR count). The van der Waals surface area contributed by atoms with E-state index < -0.39 is 0 Å². The van der Waals surface area contributed by atoms with Crippen LogP contribution in [0.2, 0.25) is 0 Å². The number of thiophene rings is 1. The zero-order valence-electron chi connectivity index (χ0n) is 7.93. The molecule has 0 aliphatic carbocycles. The molecule has 2 aromatic rings. The van der Waals surface area contributed by atoms with Crippen molar-refractivity contribution in [2.75, 3.05) is 0 Å². The highest BCUT2D eigenvalue weighted by Gasteiger charge is 1.99. The van der Waals surface area contributed by atoms with Gasteiger partial charge in [0.25, 0.3) is 0 Å². The predicted octanol–water partition coefficient (Wildman–Crippen LogP) is 1.90. The Morgan fingerprint density at radius 1 is 1.53 bits per heavy atom. The minimum atomic E-state index is 0.677. The fourth-order valence-corrected chi connectivity index (χ4v) is 1.95. The van der Waals surface area contributed by atoms with Crippen molar-refractivity contribution in [1.82, 2.24) is 10.5 Å². The average Bonchev–Trinajstić information content (AvgIpc) is 2.88. The Balaban J connectivity index is 1.81. The molecule has 1 N–H and O–H groups in total. The first-order chi connectivity index (χ1) is 7.38. The van der Waals surface area contributed by atoms with Crippen molar-refractivity contribution >= 4 is 11.3 Å². The molecule has 4 nitrogen and oxygen atoms in total. The first kappa shape index (κ1) is 9.90. The van der Waals surface area contributed by atoms with Crippen LogP contribution in [-0.4, -0.2) is 5.16 Å². The van der Waals surface area contributed by atoms with Gasteiger partial charge in [-0.25, -0.2) is 0 Å². The lowest BCUT2D eigenvalue weighted by atomic mass is 10.3. The quantitative estimate of drug-likeness (QED) is 0.853. The summed E-state index contributed by atoms with van der Waals surface area (Å²) in [5, 5.41) is 17.5. The fourth-order valence-electron chi connectivity index (χ4n) is 1.17. The molecule has 0 aliphatic rings. The minimum absolute atomic E-state index is 0.677. The van der Waals surface area contributed by atoms with Gasteiger partial charge in [-0.05, 0) is 6.07 Å². The van der Waals surface area contributed by atoms with Gasteiger partial charge in [0.2, 0.25) is 0 Å². The number of nitriles is 1. The molecule has 2 aromatic heterocycles. The second kappa shape index (κ2) is 4.73. The van der Waals surface area contributed by atoms with Gasteiger partial charge in [0.05, 0.1) is 11.3 Å². The lowest BCUT2D eigenvalue weighted by Gasteiger charge is -1.98. The van der Waals surface area contributed by atoms with Gasteiger partial charge < -0.3 is 9.84 Å². The normalized spacial score (nSPS) is 10.1. The summed E-state index contributed by atoms with van der Waals surface area (Å²) in [6.07, 6.45) is 1.55. The summed E-state index contributed by atoms with van der Waals surface area (Å²) in [5.74, 6) is 0. The molecule has 0 amide bonds. The third kappa shape index (κ3) is 2.65. The van der Waals surface area contributed by atoms with Crippen LogP contribution in [-0.2, 0) is 13.1 Å². The van der Waals surface area contributed by atoms with Crippen LogP contribution >= 0.6 is 11.3 Å². The SMILES string of the molecule is N#Cc1csc(CNCc2ccon2)c1. The lowest BCUT2D eigenvalue weighted by molar-refractivity contribution is 0.408. The predicted molar refractivity (Wildman–Crippen MR) is 56.1 cm³/mol. The molecule has 0 aliphatic heterocycles. The van der Waals surface area contributed by atoms with Crippen LogP contribution in [0.5, 0.6) is 0 Å². The van der Waals surface area contributed by atoms with Gasteiger partial charge in [-0.2, -0.15) is 5.26 Å². The molecular formula is C10H9N3OS. The minimum Gasteiger partial charge on any atom is -0.364 e. The molecule has 0 fully saturated rings. The summed E-state index contributed by atoms with van der Waals surface area (Å²) >= 11 is 1.58. The van der Waals surface area contributed by atoms with Crippen molar-refractivity contribution in [3.05, 3.63) is 39.9 Å². The fraction of sp³-hybridized carbons (Fsp3) is 0.200. The number of nitrogens with zero attached hydrogens (tertiary/aromatic N) is 2. The summed E-state index contributed by atoms with van der Waals surface area (Å²) in [5.41, 5.74) is 1.60. The van der Waals surface area contributed by atoms with Gasteiger partial charge in [0.15, 0.2) is 0 Å². The van der Waals surface area contributed by atoms with Crippen LogP contribution in [0.3, 0.4) is 0 Å². The third-order valence-electron chi connectivity index (χ3n) is 1.88. The molecule has 0 saturated carbocycles. The molecule has 2 heterocycles. The maximum atomic E-state index is 8.64. The maximum Gasteiger partial charge on any atom is 0.124 e. The monoisotopic (exact) mass is 219 g/mol. The Kier molecular flexibility index (Phi) is 3.12. The molecule has 0 aromatic carbocycles. The molecule has 0 bridgehead atoms. The summed E-state index contributed by atoms with van der Waals surface area (Å²) in [7, 11) is 0. The Hall–Kier alpha value is -1.64. The molecule has 0 atom stereocenters. The van der Waals surface area contributed by atoms with Gasteiger partial charge in [-0.3, -0.25) is 0 Å². The topological polar surface area (TPSA) is 61.9 Å². The Labute approximate surface area is 91.1 Å². The number of aromatic nitrogens is 1. The first-order valence-corrected chi connectivity index (χ1v) is 5.34. The Morgan fingerprint density at radius 3 is 3.13 bits per heavy atom. The van der Waals surface area contributed by atoms with E-state index in [2.05, 4.69) is 16.5 Å². The lowest BCUT2D eigenvalue weighted by Crippen LogP contribution is -2.11. The number of hydrogen-bond donors (Lipinski definition) is 1. The van der Waals surface area contributed by atoms with Crippen LogP contribution in [0.25, 0.3) is 0 Å². The smallest absolute Gasteiger partial charge is 0.124 e. The molecule has 0 radical (unpaired) electrons. The summed E-state index contributed by atoms with van der Waals surface area (Å²) in [6, 6.07) is 5.82. The van der Waals surface area contributed by atoms with Gasteiger partial charge in [0, 0.05) is 29.4 Å². The number of nitrogens with one attached hydrogen (secondary N) is 1. The van der Waals surface area contributed by atoms with E-state index in [1.807, 2.05) is 17.5 Å². The van der Waals surface area contributed by atoms with E-state index in [1.54, 1.807) is 17.6 Å². The Morgan fingerprint density at radius 2 is 2.47 bits per heavy atom. The van der Waals surface area contributed by atoms with Crippen molar-refractivity contribution in [2.24, 2.45) is 0 Å². The maximum absolute atomic E-state index is 8.64. The van der Waals surface area contributed by atoms with Crippen molar-refractivity contribution in [2.45, 2.75) is 13.1 Å². The van der Waals surface area contributed by atoms with Gasteiger partial charge in [-0.1, -0.05) is 5.16 Å². The highest BCUT2D eigenvalue weighted by molar-refractivity contribution is 7.10. The molecule has 0 saturated heterocycles. The first-order valence-electron chi connectivity index (χ1n) is 4.46. The number of rotatable bonds is 4. The van der Waals surface area contributed by atoms with Crippen molar-refractivity contribution in [1.29, 1.82) is 5.26 Å². The molecule has 5 heteroatoms. The summed E-state index contributed by atoms with van der Waals surface area (Å²) in [6.45, 7) is 1.43. The standard InChI is InChI=1S/C10H9N3OS/c11-4-8-3-10(15-7-8)6-12-5-9-1-2-14-13-9/h1-3,7,12H,5-6H2. The summed E-state index contributed by atoms with van der Waals surface area (Å²) in [4.78, 5) is 1.15. The van der Waals surface area contributed by atoms with E-state index in [9.17, 15) is 0 Å². The van der Waals surface area contributed by atoms with E-state index >= 15 is 0 Å². The molecule has 15 heavy (non-hydrogen) atoms. The van der Waals surface area contributed by atoms with Crippen molar-refractivity contribution in [3.8, 4) is 6.07 Å². The van der Waals surface area contributed by atoms with Gasteiger partial charge in [0.1, 0.15) is 12.3 Å².